The zero-order chi connectivity index (χ0) is 18.4. The van der Waals surface area contributed by atoms with Crippen LogP contribution in [0.3, 0.4) is 0 Å². The van der Waals surface area contributed by atoms with Gasteiger partial charge in [0.05, 0.1) is 6.10 Å². The van der Waals surface area contributed by atoms with E-state index < -0.39 is 6.10 Å². The summed E-state index contributed by atoms with van der Waals surface area (Å²) in [5, 5.41) is 18.6. The normalized spacial score (nSPS) is 43.3. The second-order valence-corrected chi connectivity index (χ2v) is 9.07. The lowest BCUT2D eigenvalue weighted by Crippen LogP contribution is -2.66. The topological polar surface area (TPSA) is 106 Å². The summed E-state index contributed by atoms with van der Waals surface area (Å²) in [7, 11) is 1.95. The standard InChI is InChI=1S/C15H31N7OS2/c1-4-21-14(24)20(3)19-15(21,2)5-9-6-18-11(7-22(9)17)13-12(23)10(16)8-25-13/h9-13,18-19,23H,4-8,16-17H2,1-3H3. The van der Waals surface area contributed by atoms with Crippen molar-refractivity contribution in [2.24, 2.45) is 11.6 Å². The van der Waals surface area contributed by atoms with E-state index in [4.69, 9.17) is 23.8 Å². The first-order valence-corrected chi connectivity index (χ1v) is 10.4. The predicted octanol–water partition coefficient (Wildman–Crippen LogP) is -1.53. The van der Waals surface area contributed by atoms with Gasteiger partial charge in [-0.2, -0.15) is 11.8 Å². The number of hydrogen-bond donors (Lipinski definition) is 5. The van der Waals surface area contributed by atoms with Gasteiger partial charge in [0.1, 0.15) is 5.66 Å². The number of hydrogen-bond acceptors (Lipinski definition) is 8. The van der Waals surface area contributed by atoms with Gasteiger partial charge in [0.25, 0.3) is 0 Å². The molecule has 0 saturated carbocycles. The fraction of sp³-hybridized carbons (Fsp3) is 0.933. The van der Waals surface area contributed by atoms with Gasteiger partial charge in [-0.05, 0) is 26.1 Å². The highest BCUT2D eigenvalue weighted by Gasteiger charge is 2.46. The van der Waals surface area contributed by atoms with Crippen LogP contribution in [-0.4, -0.2) is 92.7 Å². The van der Waals surface area contributed by atoms with Crippen molar-refractivity contribution in [3.05, 3.63) is 0 Å². The Bertz CT molecular complexity index is 512. The van der Waals surface area contributed by atoms with E-state index in [1.165, 1.54) is 0 Å². The molecule has 3 aliphatic heterocycles. The summed E-state index contributed by atoms with van der Waals surface area (Å²) in [6.07, 6.45) is 0.379. The number of thiocarbonyl (C=S) groups is 1. The van der Waals surface area contributed by atoms with E-state index in [-0.39, 0.29) is 29.0 Å². The van der Waals surface area contributed by atoms with Gasteiger partial charge in [-0.1, -0.05) is 0 Å². The highest BCUT2D eigenvalue weighted by molar-refractivity contribution is 8.00. The second kappa shape index (κ2) is 7.43. The van der Waals surface area contributed by atoms with Crippen LogP contribution in [0.1, 0.15) is 20.3 Å². The van der Waals surface area contributed by atoms with Crippen LogP contribution in [0, 0.1) is 0 Å². The molecule has 10 heteroatoms. The highest BCUT2D eigenvalue weighted by atomic mass is 32.2. The summed E-state index contributed by atoms with van der Waals surface area (Å²) in [5.74, 6) is 7.19. The van der Waals surface area contributed by atoms with Gasteiger partial charge in [0, 0.05) is 62.2 Å². The van der Waals surface area contributed by atoms with Gasteiger partial charge in [-0.15, -0.1) is 0 Å². The second-order valence-electron chi connectivity index (χ2n) is 7.49. The van der Waals surface area contributed by atoms with Crippen LogP contribution >= 0.6 is 24.0 Å². The number of thioether (sulfide) groups is 1. The van der Waals surface area contributed by atoms with Gasteiger partial charge in [-0.25, -0.2) is 10.4 Å². The number of piperazine rings is 1. The average Bonchev–Trinajstić information content (AvgIpc) is 2.99. The van der Waals surface area contributed by atoms with E-state index >= 15 is 0 Å². The third-order valence-electron chi connectivity index (χ3n) is 5.62. The van der Waals surface area contributed by atoms with Crippen molar-refractivity contribution in [2.75, 3.05) is 32.4 Å². The number of aliphatic hydroxyl groups excluding tert-OH is 1. The number of rotatable bonds is 4. The number of aliphatic hydroxyl groups is 1. The number of nitrogens with zero attached hydrogens (tertiary/aromatic N) is 3. The Hall–Kier alpha value is -0.200. The molecule has 3 saturated heterocycles. The zero-order valence-electron chi connectivity index (χ0n) is 15.2. The third kappa shape index (κ3) is 3.63. The molecule has 25 heavy (non-hydrogen) atoms. The Morgan fingerprint density at radius 1 is 1.48 bits per heavy atom. The summed E-state index contributed by atoms with van der Waals surface area (Å²) in [4.78, 5) is 2.21. The summed E-state index contributed by atoms with van der Waals surface area (Å²) < 4.78 is 0. The Morgan fingerprint density at radius 2 is 2.20 bits per heavy atom. The molecular weight excluding hydrogens is 358 g/mol. The molecule has 0 aromatic rings. The van der Waals surface area contributed by atoms with Crippen molar-refractivity contribution in [3.8, 4) is 0 Å². The van der Waals surface area contributed by atoms with Gasteiger partial charge in [0.15, 0.2) is 5.11 Å². The fourth-order valence-corrected chi connectivity index (χ4v) is 6.06. The van der Waals surface area contributed by atoms with Gasteiger partial charge in [0.2, 0.25) is 0 Å². The minimum atomic E-state index is -0.469. The summed E-state index contributed by atoms with van der Waals surface area (Å²) in [6, 6.07) is 0.205. The monoisotopic (exact) mass is 389 g/mol. The molecule has 144 valence electrons. The molecule has 0 amide bonds. The molecule has 0 aliphatic carbocycles. The molecule has 3 fully saturated rings. The lowest BCUT2D eigenvalue weighted by Gasteiger charge is -2.44. The van der Waals surface area contributed by atoms with Crippen LogP contribution < -0.4 is 22.3 Å². The molecule has 0 bridgehead atoms. The third-order valence-corrected chi connectivity index (χ3v) is 7.68. The van der Waals surface area contributed by atoms with Gasteiger partial charge >= 0.3 is 0 Å². The first-order chi connectivity index (χ1) is 11.8. The van der Waals surface area contributed by atoms with Crippen LogP contribution in [0.2, 0.25) is 0 Å². The summed E-state index contributed by atoms with van der Waals surface area (Å²) >= 11 is 7.25. The lowest BCUT2D eigenvalue weighted by molar-refractivity contribution is 0.0496. The van der Waals surface area contributed by atoms with Crippen molar-refractivity contribution in [1.82, 2.24) is 25.7 Å². The van der Waals surface area contributed by atoms with Crippen molar-refractivity contribution in [2.45, 2.75) is 55.4 Å². The number of nitrogens with one attached hydrogen (secondary N) is 2. The first-order valence-electron chi connectivity index (χ1n) is 8.90. The molecule has 0 aromatic carbocycles. The lowest BCUT2D eigenvalue weighted by atomic mass is 9.96. The Morgan fingerprint density at radius 3 is 2.76 bits per heavy atom. The van der Waals surface area contributed by atoms with E-state index in [0.717, 1.165) is 30.4 Å². The van der Waals surface area contributed by atoms with Crippen LogP contribution in [0.25, 0.3) is 0 Å². The smallest absolute Gasteiger partial charge is 0.187 e. The molecule has 0 aromatic heterocycles. The minimum absolute atomic E-state index is 0.105. The van der Waals surface area contributed by atoms with Crippen LogP contribution in [0.5, 0.6) is 0 Å². The summed E-state index contributed by atoms with van der Waals surface area (Å²) in [6.45, 7) is 6.62. The van der Waals surface area contributed by atoms with Crippen molar-refractivity contribution in [3.63, 3.8) is 0 Å². The molecule has 0 spiro atoms. The van der Waals surface area contributed by atoms with Gasteiger partial charge < -0.3 is 21.1 Å². The molecule has 3 heterocycles. The SMILES string of the molecule is CCN1C(=S)N(C)NC1(C)CC1CNC(C2SCC(N)C2O)CN1N. The average molecular weight is 390 g/mol. The maximum Gasteiger partial charge on any atom is 0.187 e. The molecular formula is C15H31N7OS2. The molecule has 7 N–H and O–H groups in total. The Kier molecular flexibility index (Phi) is 5.81. The maximum absolute atomic E-state index is 10.3. The quantitative estimate of drug-likeness (QED) is 0.287. The van der Waals surface area contributed by atoms with Crippen molar-refractivity contribution < 1.29 is 5.11 Å². The molecule has 6 atom stereocenters. The van der Waals surface area contributed by atoms with E-state index in [0.29, 0.717) is 6.54 Å². The molecule has 0 radical (unpaired) electrons. The molecule has 3 aliphatic rings. The molecule has 6 unspecified atom stereocenters. The Balaban J connectivity index is 1.61. The van der Waals surface area contributed by atoms with Crippen molar-refractivity contribution >= 4 is 29.1 Å². The van der Waals surface area contributed by atoms with Crippen LogP contribution in [0.15, 0.2) is 0 Å². The minimum Gasteiger partial charge on any atom is -0.390 e. The highest BCUT2D eigenvalue weighted by Crippen LogP contribution is 2.32. The largest absolute Gasteiger partial charge is 0.390 e. The number of nitrogens with two attached hydrogens (primary N) is 2. The Labute approximate surface area is 159 Å². The van der Waals surface area contributed by atoms with E-state index in [1.54, 1.807) is 11.8 Å². The predicted molar refractivity (Wildman–Crippen MR) is 106 cm³/mol. The van der Waals surface area contributed by atoms with E-state index in [1.807, 2.05) is 17.1 Å². The number of hydrazine groups is 2. The van der Waals surface area contributed by atoms with Gasteiger partial charge in [-0.3, -0.25) is 10.9 Å². The molecule has 8 nitrogen and oxygen atoms in total. The summed E-state index contributed by atoms with van der Waals surface area (Å²) in [5.41, 5.74) is 9.17. The van der Waals surface area contributed by atoms with Crippen LogP contribution in [0.4, 0.5) is 0 Å². The zero-order valence-corrected chi connectivity index (χ0v) is 16.8. The fourth-order valence-electron chi connectivity index (χ4n) is 4.23. The van der Waals surface area contributed by atoms with E-state index in [2.05, 4.69) is 29.5 Å². The van der Waals surface area contributed by atoms with E-state index in [9.17, 15) is 5.11 Å². The maximum atomic E-state index is 10.3. The van der Waals surface area contributed by atoms with Crippen LogP contribution in [-0.2, 0) is 0 Å². The first kappa shape index (κ1) is 19.6. The molecule has 3 rings (SSSR count). The van der Waals surface area contributed by atoms with Crippen molar-refractivity contribution in [1.29, 1.82) is 0 Å².